The van der Waals surface area contributed by atoms with Gasteiger partial charge in [0.2, 0.25) is 0 Å². The molecule has 4 aromatic rings. The van der Waals surface area contributed by atoms with Gasteiger partial charge in [-0.3, -0.25) is 9.36 Å². The van der Waals surface area contributed by atoms with Gasteiger partial charge in [-0.15, -0.1) is 11.3 Å². The summed E-state index contributed by atoms with van der Waals surface area (Å²) in [5, 5.41) is 11.2. The predicted octanol–water partition coefficient (Wildman–Crippen LogP) is 4.24. The van der Waals surface area contributed by atoms with Gasteiger partial charge in [-0.25, -0.2) is 4.98 Å². The summed E-state index contributed by atoms with van der Waals surface area (Å²) in [7, 11) is 0. The Labute approximate surface area is 141 Å². The number of benzene rings is 2. The van der Waals surface area contributed by atoms with Crippen molar-refractivity contribution >= 4 is 44.4 Å². The zero-order valence-corrected chi connectivity index (χ0v) is 13.4. The van der Waals surface area contributed by atoms with E-state index >= 15 is 0 Å². The molecule has 5 rings (SSSR count). The molecule has 0 spiro atoms. The molecule has 0 fully saturated rings. The second-order valence-corrected chi connectivity index (χ2v) is 6.90. The third-order valence-electron chi connectivity index (χ3n) is 4.36. The number of aromatic hydroxyl groups is 1. The Morgan fingerprint density at radius 1 is 1.12 bits per heavy atom. The van der Waals surface area contributed by atoms with Crippen LogP contribution in [0.15, 0.2) is 54.1 Å². The van der Waals surface area contributed by atoms with Crippen molar-refractivity contribution in [1.82, 2.24) is 9.55 Å². The minimum absolute atomic E-state index is 0.0597. The summed E-state index contributed by atoms with van der Waals surface area (Å²) >= 11 is 1.49. The van der Waals surface area contributed by atoms with Crippen molar-refractivity contribution in [3.63, 3.8) is 0 Å². The van der Waals surface area contributed by atoms with Gasteiger partial charge in [0.15, 0.2) is 0 Å². The number of hydrogen-bond acceptors (Lipinski definition) is 4. The second kappa shape index (κ2) is 4.79. The van der Waals surface area contributed by atoms with Crippen LogP contribution in [0.2, 0.25) is 0 Å². The van der Waals surface area contributed by atoms with E-state index in [0.29, 0.717) is 12.0 Å². The highest BCUT2D eigenvalue weighted by atomic mass is 32.1. The molecule has 24 heavy (non-hydrogen) atoms. The maximum Gasteiger partial charge on any atom is 0.260 e. The number of aromatic nitrogens is 2. The Morgan fingerprint density at radius 3 is 2.79 bits per heavy atom. The summed E-state index contributed by atoms with van der Waals surface area (Å²) in [5.74, 6) is 0.939. The molecule has 0 radical (unpaired) electrons. The molecule has 5 heteroatoms. The Kier molecular flexibility index (Phi) is 2.69. The van der Waals surface area contributed by atoms with Crippen LogP contribution in [-0.2, 0) is 6.42 Å². The number of hydrogen-bond donors (Lipinski definition) is 1. The number of carbonyl (C=O) groups is 1. The molecule has 0 atom stereocenters. The van der Waals surface area contributed by atoms with E-state index in [4.69, 9.17) is 0 Å². The van der Waals surface area contributed by atoms with Crippen LogP contribution in [-0.4, -0.2) is 20.6 Å². The summed E-state index contributed by atoms with van der Waals surface area (Å²) in [6.45, 7) is 0. The van der Waals surface area contributed by atoms with E-state index < -0.39 is 0 Å². The zero-order valence-electron chi connectivity index (χ0n) is 12.6. The first kappa shape index (κ1) is 13.5. The minimum Gasteiger partial charge on any atom is -0.506 e. The summed E-state index contributed by atoms with van der Waals surface area (Å²) < 4.78 is 2.68. The number of imidazole rings is 1. The number of para-hydroxylation sites is 2. The first-order valence-corrected chi connectivity index (χ1v) is 8.46. The Morgan fingerprint density at radius 2 is 1.92 bits per heavy atom. The molecule has 1 aliphatic rings. The van der Waals surface area contributed by atoms with Gasteiger partial charge in [-0.05, 0) is 30.3 Å². The number of fused-ring (bicyclic) bond motifs is 4. The van der Waals surface area contributed by atoms with E-state index in [0.717, 1.165) is 31.8 Å². The fraction of sp³-hybridized carbons (Fsp3) is 0.0526. The molecule has 0 unspecified atom stereocenters. The van der Waals surface area contributed by atoms with Crippen LogP contribution in [0.1, 0.15) is 15.5 Å². The Balaban J connectivity index is 1.63. The van der Waals surface area contributed by atoms with Crippen molar-refractivity contribution in [1.29, 1.82) is 0 Å². The first-order valence-electron chi connectivity index (χ1n) is 7.64. The van der Waals surface area contributed by atoms with E-state index in [1.54, 1.807) is 10.6 Å². The van der Waals surface area contributed by atoms with Gasteiger partial charge in [0, 0.05) is 22.1 Å². The molecule has 1 aliphatic heterocycles. The molecular formula is C19H12N2O2S. The lowest BCUT2D eigenvalue weighted by atomic mass is 10.1. The smallest absolute Gasteiger partial charge is 0.260 e. The van der Waals surface area contributed by atoms with Gasteiger partial charge in [-0.2, -0.15) is 0 Å². The average Bonchev–Trinajstić information content (AvgIpc) is 3.21. The number of nitrogens with zero attached hydrogens (tertiary/aromatic N) is 2. The first-order chi connectivity index (χ1) is 11.7. The van der Waals surface area contributed by atoms with Crippen molar-refractivity contribution in [2.45, 2.75) is 6.42 Å². The molecule has 0 saturated carbocycles. The maximum absolute atomic E-state index is 12.8. The lowest BCUT2D eigenvalue weighted by Crippen LogP contribution is -2.05. The van der Waals surface area contributed by atoms with Crippen molar-refractivity contribution in [2.75, 3.05) is 0 Å². The molecule has 2 aromatic carbocycles. The van der Waals surface area contributed by atoms with E-state index in [1.165, 1.54) is 11.3 Å². The lowest BCUT2D eigenvalue weighted by molar-refractivity contribution is 0.0971. The quantitative estimate of drug-likeness (QED) is 0.531. The number of thiophene rings is 1. The molecule has 0 amide bonds. The molecule has 116 valence electrons. The number of rotatable bonds is 1. The monoisotopic (exact) mass is 332 g/mol. The second-order valence-electron chi connectivity index (χ2n) is 5.81. The normalized spacial score (nSPS) is 15.7. The van der Waals surface area contributed by atoms with Crippen molar-refractivity contribution in [2.24, 2.45) is 0 Å². The van der Waals surface area contributed by atoms with E-state index in [-0.39, 0.29) is 11.7 Å². The SMILES string of the molecule is O=C1C(=Cc2sc3ccccc3c2O)Cc2nc3ccccc3n21. The molecule has 4 nitrogen and oxygen atoms in total. The maximum atomic E-state index is 12.8. The van der Waals surface area contributed by atoms with Crippen molar-refractivity contribution in [3.05, 3.63) is 64.8 Å². The van der Waals surface area contributed by atoms with E-state index in [1.807, 2.05) is 48.5 Å². The van der Waals surface area contributed by atoms with Crippen LogP contribution in [0.25, 0.3) is 27.2 Å². The van der Waals surface area contributed by atoms with Gasteiger partial charge in [0.05, 0.1) is 15.9 Å². The van der Waals surface area contributed by atoms with Crippen LogP contribution < -0.4 is 0 Å². The average molecular weight is 332 g/mol. The molecule has 0 aliphatic carbocycles. The molecular weight excluding hydrogens is 320 g/mol. The highest BCUT2D eigenvalue weighted by molar-refractivity contribution is 7.20. The summed E-state index contributed by atoms with van der Waals surface area (Å²) in [6, 6.07) is 15.3. The molecule has 2 aromatic heterocycles. The number of carbonyl (C=O) groups excluding carboxylic acids is 1. The minimum atomic E-state index is -0.0597. The molecule has 1 N–H and O–H groups in total. The highest BCUT2D eigenvalue weighted by Crippen LogP contribution is 2.39. The van der Waals surface area contributed by atoms with E-state index in [2.05, 4.69) is 4.98 Å². The highest BCUT2D eigenvalue weighted by Gasteiger charge is 2.28. The standard InChI is InChI=1S/C19H12N2O2S/c22-18-12-5-1-4-8-15(12)24-16(18)9-11-10-17-20-13-6-2-3-7-14(13)21(17)19(11)23/h1-9,22H,10H2. The van der Waals surface area contributed by atoms with Gasteiger partial charge in [0.1, 0.15) is 11.6 Å². The number of allylic oxidation sites excluding steroid dienone is 1. The van der Waals surface area contributed by atoms with Crippen LogP contribution in [0.5, 0.6) is 5.75 Å². The third kappa shape index (κ3) is 1.79. The third-order valence-corrected chi connectivity index (χ3v) is 5.46. The van der Waals surface area contributed by atoms with Crippen molar-refractivity contribution in [3.8, 4) is 5.75 Å². The Hall–Kier alpha value is -2.92. The van der Waals surface area contributed by atoms with Gasteiger partial charge in [0.25, 0.3) is 5.91 Å². The van der Waals surface area contributed by atoms with Crippen LogP contribution in [0.3, 0.4) is 0 Å². The summed E-state index contributed by atoms with van der Waals surface area (Å²) in [6.07, 6.45) is 2.28. The molecule has 0 bridgehead atoms. The van der Waals surface area contributed by atoms with E-state index in [9.17, 15) is 9.90 Å². The topological polar surface area (TPSA) is 55.1 Å². The van der Waals surface area contributed by atoms with Gasteiger partial charge < -0.3 is 5.11 Å². The zero-order chi connectivity index (χ0) is 16.3. The largest absolute Gasteiger partial charge is 0.506 e. The van der Waals surface area contributed by atoms with Crippen LogP contribution in [0.4, 0.5) is 0 Å². The molecule has 3 heterocycles. The summed E-state index contributed by atoms with van der Waals surface area (Å²) in [5.41, 5.74) is 2.33. The fourth-order valence-corrected chi connectivity index (χ4v) is 4.30. The van der Waals surface area contributed by atoms with Gasteiger partial charge in [-0.1, -0.05) is 24.3 Å². The van der Waals surface area contributed by atoms with Crippen LogP contribution >= 0.6 is 11.3 Å². The molecule has 0 saturated heterocycles. The Bertz CT molecular complexity index is 1170. The lowest BCUT2D eigenvalue weighted by Gasteiger charge is -1.98. The summed E-state index contributed by atoms with van der Waals surface area (Å²) in [4.78, 5) is 18.0. The van der Waals surface area contributed by atoms with Gasteiger partial charge >= 0.3 is 0 Å². The fourth-order valence-electron chi connectivity index (χ4n) is 3.23. The van der Waals surface area contributed by atoms with Crippen LogP contribution in [0, 0.1) is 0 Å². The predicted molar refractivity (Wildman–Crippen MR) is 95.5 cm³/mol. The van der Waals surface area contributed by atoms with Crippen molar-refractivity contribution < 1.29 is 9.90 Å².